The number of halogens is 1. The van der Waals surface area contributed by atoms with Gasteiger partial charge in [-0.3, -0.25) is 14.5 Å². The summed E-state index contributed by atoms with van der Waals surface area (Å²) in [7, 11) is 1.56. The molecule has 0 spiro atoms. The van der Waals surface area contributed by atoms with Gasteiger partial charge < -0.3 is 9.47 Å². The number of carbonyl (C=O) groups is 2. The van der Waals surface area contributed by atoms with Crippen LogP contribution in [0, 0.1) is 5.82 Å². The van der Waals surface area contributed by atoms with E-state index in [2.05, 4.69) is 18.2 Å². The lowest BCUT2D eigenvalue weighted by molar-refractivity contribution is -0.123. The van der Waals surface area contributed by atoms with Gasteiger partial charge >= 0.3 is 0 Å². The number of fused-ring (bicyclic) bond motifs is 1. The Balaban J connectivity index is 1.37. The lowest BCUT2D eigenvalue weighted by Crippen LogP contribution is -2.27. The highest BCUT2D eigenvalue weighted by Crippen LogP contribution is 2.36. The maximum Gasteiger partial charge on any atom is 0.293 e. The maximum absolute atomic E-state index is 14.0. The number of amides is 2. The van der Waals surface area contributed by atoms with Crippen molar-refractivity contribution in [3.63, 3.8) is 0 Å². The highest BCUT2D eigenvalue weighted by atomic mass is 32.2. The summed E-state index contributed by atoms with van der Waals surface area (Å²) in [6, 6.07) is 25.6. The zero-order valence-corrected chi connectivity index (χ0v) is 20.3. The topological polar surface area (TPSA) is 55.8 Å². The Hall–Kier alpha value is -4.10. The van der Waals surface area contributed by atoms with Crippen molar-refractivity contribution in [3.8, 4) is 11.5 Å². The zero-order valence-electron chi connectivity index (χ0n) is 19.4. The molecule has 0 unspecified atom stereocenters. The number of thioether (sulfide) groups is 1. The van der Waals surface area contributed by atoms with E-state index in [1.807, 2.05) is 24.3 Å². The second-order valence-corrected chi connectivity index (χ2v) is 9.19. The molecule has 180 valence electrons. The number of hydrogen-bond donors (Lipinski definition) is 0. The molecule has 4 aromatic rings. The van der Waals surface area contributed by atoms with E-state index < -0.39 is 17.0 Å². The van der Waals surface area contributed by atoms with Crippen molar-refractivity contribution < 1.29 is 23.5 Å². The highest BCUT2D eigenvalue weighted by Gasteiger charge is 2.35. The fraction of sp³-hybridized carbons (Fsp3) is 0.103. The molecule has 0 saturated carbocycles. The van der Waals surface area contributed by atoms with Crippen LogP contribution in [0.25, 0.3) is 16.8 Å². The van der Waals surface area contributed by atoms with Crippen molar-refractivity contribution in [2.45, 2.75) is 13.2 Å². The SMILES string of the molecule is COc1ccc(/C=C2\SC(=O)N(Cc3ccccc3F)C2=O)cc1OCc1cccc2ccccc12. The first kappa shape index (κ1) is 23.6. The molecule has 0 bridgehead atoms. The molecule has 0 aliphatic carbocycles. The molecule has 1 saturated heterocycles. The first-order valence-corrected chi connectivity index (χ1v) is 12.1. The highest BCUT2D eigenvalue weighted by molar-refractivity contribution is 8.18. The van der Waals surface area contributed by atoms with Crippen LogP contribution in [0.2, 0.25) is 0 Å². The van der Waals surface area contributed by atoms with Crippen molar-refractivity contribution in [3.05, 3.63) is 112 Å². The Morgan fingerprint density at radius 3 is 2.47 bits per heavy atom. The average molecular weight is 500 g/mol. The van der Waals surface area contributed by atoms with Crippen LogP contribution in [0.1, 0.15) is 16.7 Å². The van der Waals surface area contributed by atoms with Crippen LogP contribution < -0.4 is 9.47 Å². The number of nitrogens with zero attached hydrogens (tertiary/aromatic N) is 1. The molecule has 0 radical (unpaired) electrons. The van der Waals surface area contributed by atoms with Crippen molar-refractivity contribution in [1.29, 1.82) is 0 Å². The molecule has 0 aromatic heterocycles. The summed E-state index contributed by atoms with van der Waals surface area (Å²) in [4.78, 5) is 26.7. The van der Waals surface area contributed by atoms with Crippen LogP contribution in [0.5, 0.6) is 11.5 Å². The minimum atomic E-state index is -0.456. The summed E-state index contributed by atoms with van der Waals surface area (Å²) in [6.07, 6.45) is 1.64. The van der Waals surface area contributed by atoms with Crippen molar-refractivity contribution in [2.75, 3.05) is 7.11 Å². The largest absolute Gasteiger partial charge is 0.493 e. The quantitative estimate of drug-likeness (QED) is 0.262. The molecule has 4 aromatic carbocycles. The Labute approximate surface area is 212 Å². The number of ether oxygens (including phenoxy) is 2. The number of carbonyl (C=O) groups excluding carboxylic acids is 2. The van der Waals surface area contributed by atoms with Gasteiger partial charge in [-0.15, -0.1) is 0 Å². The summed E-state index contributed by atoms with van der Waals surface area (Å²) < 4.78 is 25.6. The molecule has 5 nitrogen and oxygen atoms in total. The molecule has 1 heterocycles. The third kappa shape index (κ3) is 4.83. The van der Waals surface area contributed by atoms with Crippen LogP contribution in [0.15, 0.2) is 89.8 Å². The van der Waals surface area contributed by atoms with Gasteiger partial charge in [0, 0.05) is 5.56 Å². The third-order valence-electron chi connectivity index (χ3n) is 5.91. The molecule has 0 atom stereocenters. The second kappa shape index (κ2) is 10.3. The molecular weight excluding hydrogens is 477 g/mol. The van der Waals surface area contributed by atoms with Crippen molar-refractivity contribution in [1.82, 2.24) is 4.90 Å². The van der Waals surface area contributed by atoms with E-state index in [9.17, 15) is 14.0 Å². The van der Waals surface area contributed by atoms with E-state index in [0.717, 1.165) is 33.0 Å². The Bertz CT molecular complexity index is 1490. The maximum atomic E-state index is 14.0. The lowest BCUT2D eigenvalue weighted by Gasteiger charge is -2.13. The van der Waals surface area contributed by atoms with Crippen LogP contribution >= 0.6 is 11.8 Å². The summed E-state index contributed by atoms with van der Waals surface area (Å²) in [5.41, 5.74) is 2.00. The molecule has 5 rings (SSSR count). The number of rotatable bonds is 7. The van der Waals surface area contributed by atoms with Gasteiger partial charge in [0.15, 0.2) is 11.5 Å². The molecule has 0 N–H and O–H groups in total. The van der Waals surface area contributed by atoms with E-state index in [1.165, 1.54) is 6.07 Å². The predicted octanol–water partition coefficient (Wildman–Crippen LogP) is 6.80. The van der Waals surface area contributed by atoms with Crippen LogP contribution in [0.4, 0.5) is 9.18 Å². The third-order valence-corrected chi connectivity index (χ3v) is 6.82. The van der Waals surface area contributed by atoms with Gasteiger partial charge in [-0.2, -0.15) is 0 Å². The predicted molar refractivity (Wildman–Crippen MR) is 139 cm³/mol. The molecule has 7 heteroatoms. The number of benzene rings is 4. The van der Waals surface area contributed by atoms with Gasteiger partial charge in [-0.05, 0) is 57.9 Å². The molecular formula is C29H22FNO4S. The van der Waals surface area contributed by atoms with Crippen LogP contribution in [-0.2, 0) is 17.9 Å². The Morgan fingerprint density at radius 2 is 1.64 bits per heavy atom. The van der Waals surface area contributed by atoms with Gasteiger partial charge in [0.2, 0.25) is 0 Å². The van der Waals surface area contributed by atoms with Gasteiger partial charge in [0.1, 0.15) is 12.4 Å². The molecule has 1 aliphatic heterocycles. The minimum absolute atomic E-state index is 0.114. The number of imide groups is 1. The first-order valence-electron chi connectivity index (χ1n) is 11.3. The first-order chi connectivity index (χ1) is 17.5. The molecule has 36 heavy (non-hydrogen) atoms. The average Bonchev–Trinajstić information content (AvgIpc) is 3.16. The molecule has 1 aliphatic rings. The number of methoxy groups -OCH3 is 1. The fourth-order valence-corrected chi connectivity index (χ4v) is 4.89. The second-order valence-electron chi connectivity index (χ2n) is 8.20. The summed E-state index contributed by atoms with van der Waals surface area (Å²) >= 11 is 0.833. The van der Waals surface area contributed by atoms with Crippen molar-refractivity contribution >= 4 is 39.8 Å². The summed E-state index contributed by atoms with van der Waals surface area (Å²) in [6.45, 7) is 0.219. The van der Waals surface area contributed by atoms with Gasteiger partial charge in [0.25, 0.3) is 11.1 Å². The van der Waals surface area contributed by atoms with Crippen molar-refractivity contribution in [2.24, 2.45) is 0 Å². The normalized spacial score (nSPS) is 14.6. The van der Waals surface area contributed by atoms with E-state index in [0.29, 0.717) is 23.7 Å². The molecule has 1 fully saturated rings. The van der Waals surface area contributed by atoms with E-state index >= 15 is 0 Å². The van der Waals surface area contributed by atoms with Gasteiger partial charge in [0.05, 0.1) is 18.6 Å². The summed E-state index contributed by atoms with van der Waals surface area (Å²) in [5, 5.41) is 1.81. The van der Waals surface area contributed by atoms with E-state index in [1.54, 1.807) is 49.6 Å². The van der Waals surface area contributed by atoms with Gasteiger partial charge in [-0.1, -0.05) is 66.7 Å². The zero-order chi connectivity index (χ0) is 25.1. The van der Waals surface area contributed by atoms with Crippen LogP contribution in [-0.4, -0.2) is 23.2 Å². The fourth-order valence-electron chi connectivity index (χ4n) is 4.05. The molecule has 2 amide bonds. The Kier molecular flexibility index (Phi) is 6.73. The van der Waals surface area contributed by atoms with E-state index in [4.69, 9.17) is 9.47 Å². The monoisotopic (exact) mass is 499 g/mol. The van der Waals surface area contributed by atoms with Crippen LogP contribution in [0.3, 0.4) is 0 Å². The summed E-state index contributed by atoms with van der Waals surface area (Å²) in [5.74, 6) is 0.163. The smallest absolute Gasteiger partial charge is 0.293 e. The standard InChI is InChI=1S/C29H22FNO4S/c1-34-25-14-13-19(15-26(25)35-18-22-10-6-9-20-7-2-4-11-23(20)22)16-27-28(32)31(29(33)36-27)17-21-8-3-5-12-24(21)30/h2-16H,17-18H2,1H3/b27-16-. The van der Waals surface area contributed by atoms with Gasteiger partial charge in [-0.25, -0.2) is 4.39 Å². The number of hydrogen-bond acceptors (Lipinski definition) is 5. The Morgan fingerprint density at radius 1 is 0.889 bits per heavy atom. The minimum Gasteiger partial charge on any atom is -0.493 e. The van der Waals surface area contributed by atoms with E-state index in [-0.39, 0.29) is 17.0 Å². The lowest BCUT2D eigenvalue weighted by atomic mass is 10.1.